The summed E-state index contributed by atoms with van der Waals surface area (Å²) in [4.78, 5) is 59.1. The van der Waals surface area contributed by atoms with Gasteiger partial charge in [0.2, 0.25) is 11.8 Å². The molecule has 4 aromatic carbocycles. The minimum atomic E-state index is -3.89. The zero-order valence-corrected chi connectivity index (χ0v) is 75.8. The predicted molar refractivity (Wildman–Crippen MR) is 458 cm³/mol. The van der Waals surface area contributed by atoms with Crippen molar-refractivity contribution in [2.24, 2.45) is 0 Å². The van der Waals surface area contributed by atoms with Gasteiger partial charge in [0.25, 0.3) is 26.0 Å². The number of alkyl halides is 1. The number of anilines is 1. The van der Waals surface area contributed by atoms with Gasteiger partial charge in [-0.15, -0.1) is 0 Å². The lowest BCUT2D eigenvalue weighted by Gasteiger charge is -2.32. The summed E-state index contributed by atoms with van der Waals surface area (Å²) < 4.78 is 174. The van der Waals surface area contributed by atoms with E-state index < -0.39 is 97.1 Å². The first-order valence-electron chi connectivity index (χ1n) is 36.8. The van der Waals surface area contributed by atoms with Gasteiger partial charge < -0.3 is 29.7 Å². The number of rotatable bonds is 19. The predicted octanol–water partition coefficient (Wildman–Crippen LogP) is 18.1. The molecule has 0 unspecified atom stereocenters. The minimum absolute atomic E-state index is 0.0469. The summed E-state index contributed by atoms with van der Waals surface area (Å²) in [6, 6.07) is 31.2. The molecule has 0 saturated carbocycles. The smallest absolute Gasteiger partial charge is 0.481 e. The number of halogens is 12. The molecule has 2 amide bonds. The van der Waals surface area contributed by atoms with E-state index in [0.717, 1.165) is 76.0 Å². The van der Waals surface area contributed by atoms with E-state index in [2.05, 4.69) is 89.5 Å². The summed E-state index contributed by atoms with van der Waals surface area (Å²) in [6.07, 6.45) is 11.1. The number of hydrogen-bond donors (Lipinski definition) is 5. The maximum atomic E-state index is 14.2. The summed E-state index contributed by atoms with van der Waals surface area (Å²) in [5.74, 6) is -7.35. The number of nitrogens with one attached hydrogen (secondary N) is 2. The Morgan fingerprint density at radius 3 is 1.36 bits per heavy atom. The van der Waals surface area contributed by atoms with Crippen LogP contribution in [0.3, 0.4) is 0 Å². The molecule has 1 fully saturated rings. The third kappa shape index (κ3) is 32.9. The number of amides is 2. The fourth-order valence-electron chi connectivity index (χ4n) is 10.3. The van der Waals surface area contributed by atoms with E-state index in [0.29, 0.717) is 78.8 Å². The quantitative estimate of drug-likeness (QED) is 0.0285. The molecular formula is C82H95BBr4F8N10O12S2. The van der Waals surface area contributed by atoms with Crippen LogP contribution in [0.4, 0.5) is 40.9 Å². The average Bonchev–Trinajstić information content (AvgIpc) is 1.63. The molecule has 22 nitrogen and oxygen atoms in total. The maximum absolute atomic E-state index is 14.2. The fourth-order valence-corrected chi connectivity index (χ4v) is 13.3. The van der Waals surface area contributed by atoms with Crippen LogP contribution in [0.25, 0.3) is 28.2 Å². The van der Waals surface area contributed by atoms with Crippen LogP contribution < -0.4 is 20.6 Å². The lowest BCUT2D eigenvalue weighted by molar-refractivity contribution is -0.134. The normalized spacial score (nSPS) is 12.4. The first-order valence-corrected chi connectivity index (χ1v) is 45.4. The maximum Gasteiger partial charge on any atom is 0.494 e. The Hall–Kier alpha value is -8.82. The number of carbonyl (C=O) groups is 4. The average molecular weight is 1960 g/mol. The van der Waals surface area contributed by atoms with Crippen LogP contribution in [0.2, 0.25) is 0 Å². The van der Waals surface area contributed by atoms with Gasteiger partial charge in [-0.1, -0.05) is 128 Å². The van der Waals surface area contributed by atoms with Crippen molar-refractivity contribution in [3.8, 4) is 11.3 Å². The highest BCUT2D eigenvalue weighted by molar-refractivity contribution is 9.93. The van der Waals surface area contributed by atoms with Gasteiger partial charge in [-0.25, -0.2) is 81.3 Å². The number of aromatic nitrogens is 7. The molecule has 119 heavy (non-hydrogen) atoms. The molecule has 6 N–H and O–H groups in total. The minimum Gasteiger partial charge on any atom is -0.481 e. The number of pyridine rings is 4. The highest BCUT2D eigenvalue weighted by Crippen LogP contribution is 2.37. The molecule has 8 heterocycles. The Morgan fingerprint density at radius 2 is 0.966 bits per heavy atom. The van der Waals surface area contributed by atoms with Crippen LogP contribution in [0.5, 0.6) is 0 Å². The second-order valence-electron chi connectivity index (χ2n) is 28.3. The summed E-state index contributed by atoms with van der Waals surface area (Å²) >= 11 is 11.8. The third-order valence-electron chi connectivity index (χ3n) is 16.9. The first kappa shape index (κ1) is 103. The molecule has 37 heteroatoms. The van der Waals surface area contributed by atoms with Crippen molar-refractivity contribution in [3.63, 3.8) is 0 Å². The molecule has 12 rings (SSSR count). The molecule has 1 aliphatic rings. The topological polar surface area (TPSA) is 310 Å². The number of imidazole rings is 3. The van der Waals surface area contributed by atoms with Crippen LogP contribution in [-0.2, 0) is 80.6 Å². The number of sulfonamides is 2. The van der Waals surface area contributed by atoms with Crippen molar-refractivity contribution < 1.29 is 90.7 Å². The third-order valence-corrected chi connectivity index (χ3v) is 21.2. The standard InChI is InChI=1S/C26H25F2N3O3S.C23H30BNO5S.C9H7BrF2N2.C9H8F2N2.C5H4F2N2.C4H7BrO.C4H10O.C2H4O2.Br2/c1-3-23-25(31-16-20(27)15-22(28)26(31)29-23)19-11-9-18(10-12-19)5-4-6-24(32)30-35(33,34)21-13-7-17(2)8-14-21;1-17-9-15-20(16-10-17)31(27,28)25-21(26)8-6-7-18-11-13-19(14-12-18)24-29-22(2,3)23(4,5)30-24;1-2-7-8(10)14-4-5(11)3-6(12)9(14)13-7;1-2-7-5-13-4-6(10)3-8(11)9(13)12-7;6-3-1-4(7)5(8)9-2-3;1-2-4(6)3-5;1-4(2,3)5;1-2(3)4;1-2/h7-16H,3-6H2,1-2H3,(H,30,32);9-16H,6-8H2,1-5H3,(H,25,26);3-4H,2H2,1H3;3-5H,2H2,1H3;1-2H,(H2,8,9);2-3H2,1H3;5H,1-3H3;1H3,(H,3,4);. The molecule has 7 aromatic heterocycles. The van der Waals surface area contributed by atoms with Crippen LogP contribution in [0, 0.1) is 60.4 Å². The SMILES string of the molecule is BrBr.CC(=O)O.CC(C)(C)O.CCC(=O)CBr.CCc1cn2cc(F)cc(F)c2n1.CCc1nc2c(F)cc(F)cn2c1-c1ccc(CCCC(=O)NS(=O)(=O)c2ccc(C)cc2)cc1.CCc1nc2c(F)cc(F)cn2c1Br.Cc1ccc(S(=O)(=O)NC(=O)CCCc2ccc(B3OC(C)(C)C(C)(C)O3)cc2)cc1.Nc1ncc(F)cc1F. The Kier molecular flexibility index (Phi) is 40.8. The first-order chi connectivity index (χ1) is 55.6. The van der Waals surface area contributed by atoms with E-state index in [9.17, 15) is 66.3 Å². The van der Waals surface area contributed by atoms with E-state index in [1.807, 2.05) is 118 Å². The molecule has 0 bridgehead atoms. The number of fused-ring (bicyclic) bond motifs is 3. The van der Waals surface area contributed by atoms with Crippen molar-refractivity contribution >= 4 is 139 Å². The lowest BCUT2D eigenvalue weighted by atomic mass is 9.78. The lowest BCUT2D eigenvalue weighted by Crippen LogP contribution is -2.41. The molecule has 1 aliphatic heterocycles. The number of nitrogen functional groups attached to an aromatic ring is 1. The van der Waals surface area contributed by atoms with E-state index in [1.165, 1.54) is 56.1 Å². The van der Waals surface area contributed by atoms with Crippen LogP contribution >= 0.6 is 60.1 Å². The summed E-state index contributed by atoms with van der Waals surface area (Å²) in [6.45, 7) is 25.7. The van der Waals surface area contributed by atoms with Gasteiger partial charge in [0.15, 0.2) is 46.0 Å². The van der Waals surface area contributed by atoms with Gasteiger partial charge in [0.1, 0.15) is 33.7 Å². The Bertz CT molecular complexity index is 5410. The summed E-state index contributed by atoms with van der Waals surface area (Å²) in [5, 5.41) is 16.4. The van der Waals surface area contributed by atoms with Crippen LogP contribution in [0.1, 0.15) is 155 Å². The highest BCUT2D eigenvalue weighted by Gasteiger charge is 2.51. The molecule has 0 aliphatic carbocycles. The van der Waals surface area contributed by atoms with Gasteiger partial charge in [0.05, 0.1) is 60.9 Å². The number of carboxylic acid groups (broad SMARTS) is 1. The summed E-state index contributed by atoms with van der Waals surface area (Å²) in [5.41, 5.74) is 12.4. The van der Waals surface area contributed by atoms with Gasteiger partial charge in [-0.05, 0) is 164 Å². The largest absolute Gasteiger partial charge is 0.494 e. The Morgan fingerprint density at radius 1 is 0.571 bits per heavy atom. The molecule has 644 valence electrons. The fraction of sp³-hybridized carbons (Fsp3) is 0.341. The highest BCUT2D eigenvalue weighted by atomic mass is 80.9. The zero-order valence-electron chi connectivity index (χ0n) is 67.8. The monoisotopic (exact) mass is 1950 g/mol. The van der Waals surface area contributed by atoms with Gasteiger partial charge >= 0.3 is 7.12 Å². The van der Waals surface area contributed by atoms with E-state index in [4.69, 9.17) is 30.0 Å². The molecule has 11 aromatic rings. The number of benzene rings is 4. The second-order valence-corrected chi connectivity index (χ2v) is 33.0. The molecule has 0 spiro atoms. The Balaban J connectivity index is 0.000000317. The number of ketones is 1. The molecule has 0 atom stereocenters. The van der Waals surface area contributed by atoms with Gasteiger partial charge in [-0.2, -0.15) is 0 Å². The number of hydrogen-bond acceptors (Lipinski definition) is 16. The van der Waals surface area contributed by atoms with E-state index in [-0.39, 0.29) is 62.4 Å². The number of aliphatic carboxylic acids is 1. The molecule has 0 radical (unpaired) electrons. The molecular weight excluding hydrogens is 1860 g/mol. The van der Waals surface area contributed by atoms with Crippen molar-refractivity contribution in [1.29, 1.82) is 0 Å². The number of nitrogens with zero attached hydrogens (tertiary/aromatic N) is 7. The second kappa shape index (κ2) is 47.4. The van der Waals surface area contributed by atoms with Crippen molar-refractivity contribution in [2.75, 3.05) is 11.1 Å². The number of aliphatic hydroxyl groups is 1. The van der Waals surface area contributed by atoms with Crippen molar-refractivity contribution in [3.05, 3.63) is 243 Å². The number of carboxylic acids is 1. The number of aryl methyl sites for hydroxylation is 7. The van der Waals surface area contributed by atoms with Crippen molar-refractivity contribution in [1.82, 2.24) is 42.6 Å². The van der Waals surface area contributed by atoms with Gasteiger partial charge in [-0.3, -0.25) is 28.0 Å². The van der Waals surface area contributed by atoms with Crippen molar-refractivity contribution in [2.45, 2.75) is 188 Å². The van der Waals surface area contributed by atoms with E-state index in [1.54, 1.807) is 51.2 Å². The van der Waals surface area contributed by atoms with Crippen LogP contribution in [0.15, 0.2) is 167 Å². The molecule has 1 saturated heterocycles. The van der Waals surface area contributed by atoms with Gasteiger partial charge in [0, 0.05) is 109 Å². The van der Waals surface area contributed by atoms with Crippen LogP contribution in [-0.4, -0.2) is 113 Å². The summed E-state index contributed by atoms with van der Waals surface area (Å²) in [7, 11) is -8.13. The van der Waals surface area contributed by atoms with E-state index >= 15 is 0 Å². The number of nitrogens with two attached hydrogens (primary N) is 1. The number of carbonyl (C=O) groups excluding carboxylic acids is 3. The zero-order chi connectivity index (χ0) is 89.7. The number of Topliss-reactive ketones (excluding diaryl/α,β-unsaturated/α-hetero) is 1. The Labute approximate surface area is 719 Å².